The predicted molar refractivity (Wildman–Crippen MR) is 112 cm³/mol. The summed E-state index contributed by atoms with van der Waals surface area (Å²) in [5, 5.41) is 2.11. The van der Waals surface area contributed by atoms with Crippen molar-refractivity contribution in [1.29, 1.82) is 0 Å². The first kappa shape index (κ1) is 21.1. The van der Waals surface area contributed by atoms with Gasteiger partial charge in [-0.1, -0.05) is 24.3 Å². The van der Waals surface area contributed by atoms with Crippen molar-refractivity contribution >= 4 is 46.5 Å². The first-order valence-electron chi connectivity index (χ1n) is 8.84. The van der Waals surface area contributed by atoms with Gasteiger partial charge in [0, 0.05) is 6.92 Å². The summed E-state index contributed by atoms with van der Waals surface area (Å²) in [6.07, 6.45) is 1.54. The molecule has 0 radical (unpaired) electrons. The number of hydrogen-bond acceptors (Lipinski definition) is 7. The molecular formula is C21H18N2O6S. The molecule has 1 aliphatic rings. The van der Waals surface area contributed by atoms with Gasteiger partial charge in [0.05, 0.1) is 17.7 Å². The molecule has 3 rings (SSSR count). The zero-order valence-electron chi connectivity index (χ0n) is 16.2. The average molecular weight is 426 g/mol. The Bertz CT molecular complexity index is 1030. The van der Waals surface area contributed by atoms with E-state index in [9.17, 15) is 19.2 Å². The molecule has 1 heterocycles. The average Bonchev–Trinajstić information content (AvgIpc) is 2.97. The largest absolute Gasteiger partial charge is 0.495 e. The van der Waals surface area contributed by atoms with E-state index in [0.29, 0.717) is 22.7 Å². The number of amides is 3. The fourth-order valence-electron chi connectivity index (χ4n) is 2.67. The monoisotopic (exact) mass is 426 g/mol. The summed E-state index contributed by atoms with van der Waals surface area (Å²) in [6, 6.07) is 13.3. The number of anilines is 1. The molecule has 3 amide bonds. The van der Waals surface area contributed by atoms with Crippen LogP contribution in [-0.4, -0.2) is 41.6 Å². The topological polar surface area (TPSA) is 102 Å². The highest BCUT2D eigenvalue weighted by Gasteiger charge is 2.36. The second-order valence-corrected chi connectivity index (χ2v) is 7.17. The van der Waals surface area contributed by atoms with Gasteiger partial charge in [0.25, 0.3) is 11.1 Å². The van der Waals surface area contributed by atoms with Crippen molar-refractivity contribution in [3.8, 4) is 11.5 Å². The number of thioether (sulfide) groups is 1. The van der Waals surface area contributed by atoms with Gasteiger partial charge in [-0.15, -0.1) is 0 Å². The molecule has 2 aromatic rings. The van der Waals surface area contributed by atoms with E-state index in [1.165, 1.54) is 14.0 Å². The first-order valence-corrected chi connectivity index (χ1v) is 9.65. The maximum Gasteiger partial charge on any atom is 0.308 e. The van der Waals surface area contributed by atoms with Crippen molar-refractivity contribution in [2.24, 2.45) is 0 Å². The van der Waals surface area contributed by atoms with Crippen molar-refractivity contribution < 1.29 is 28.7 Å². The number of carbonyl (C=O) groups excluding carboxylic acids is 4. The van der Waals surface area contributed by atoms with Crippen LogP contribution >= 0.6 is 11.8 Å². The van der Waals surface area contributed by atoms with Gasteiger partial charge in [-0.25, -0.2) is 0 Å². The molecule has 30 heavy (non-hydrogen) atoms. The van der Waals surface area contributed by atoms with Gasteiger partial charge in [-0.3, -0.25) is 24.1 Å². The van der Waals surface area contributed by atoms with Crippen molar-refractivity contribution in [3.05, 3.63) is 59.0 Å². The van der Waals surface area contributed by atoms with Crippen LogP contribution in [-0.2, 0) is 14.4 Å². The van der Waals surface area contributed by atoms with Crippen LogP contribution < -0.4 is 14.8 Å². The Kier molecular flexibility index (Phi) is 6.53. The third kappa shape index (κ3) is 5.06. The van der Waals surface area contributed by atoms with E-state index >= 15 is 0 Å². The van der Waals surface area contributed by atoms with Crippen LogP contribution in [0.1, 0.15) is 12.5 Å². The van der Waals surface area contributed by atoms with Crippen LogP contribution in [0.3, 0.4) is 0 Å². The van der Waals surface area contributed by atoms with Gasteiger partial charge in [-0.05, 0) is 47.7 Å². The Hall–Kier alpha value is -3.59. The number of carbonyl (C=O) groups is 4. The molecule has 154 valence electrons. The number of methoxy groups -OCH3 is 1. The molecular weight excluding hydrogens is 408 g/mol. The smallest absolute Gasteiger partial charge is 0.308 e. The van der Waals surface area contributed by atoms with E-state index in [-0.39, 0.29) is 4.91 Å². The van der Waals surface area contributed by atoms with Crippen LogP contribution in [0.5, 0.6) is 11.5 Å². The minimum absolute atomic E-state index is 0.199. The number of rotatable bonds is 6. The van der Waals surface area contributed by atoms with E-state index < -0.39 is 29.6 Å². The molecule has 0 bridgehead atoms. The van der Waals surface area contributed by atoms with E-state index in [0.717, 1.165) is 16.7 Å². The zero-order valence-corrected chi connectivity index (χ0v) is 17.0. The second kappa shape index (κ2) is 9.27. The number of nitrogens with one attached hydrogen (secondary N) is 1. The Morgan fingerprint density at radius 3 is 2.47 bits per heavy atom. The molecule has 8 nitrogen and oxygen atoms in total. The number of imide groups is 1. The second-order valence-electron chi connectivity index (χ2n) is 6.18. The van der Waals surface area contributed by atoms with Gasteiger partial charge in [0.15, 0.2) is 0 Å². The highest BCUT2D eigenvalue weighted by Crippen LogP contribution is 2.32. The molecule has 9 heteroatoms. The van der Waals surface area contributed by atoms with E-state index in [2.05, 4.69) is 5.32 Å². The molecule has 0 aromatic heterocycles. The molecule has 0 spiro atoms. The number of ether oxygens (including phenoxy) is 2. The zero-order chi connectivity index (χ0) is 21.7. The lowest BCUT2D eigenvalue weighted by atomic mass is 10.2. The highest BCUT2D eigenvalue weighted by atomic mass is 32.2. The normalized spacial score (nSPS) is 14.7. The van der Waals surface area contributed by atoms with Gasteiger partial charge in [-0.2, -0.15) is 0 Å². The molecule has 2 aromatic carbocycles. The lowest BCUT2D eigenvalue weighted by Gasteiger charge is -2.14. The number of esters is 1. The summed E-state index contributed by atoms with van der Waals surface area (Å²) in [5.41, 5.74) is 1.09. The van der Waals surface area contributed by atoms with Crippen molar-refractivity contribution in [2.75, 3.05) is 19.0 Å². The molecule has 0 aliphatic carbocycles. The Morgan fingerprint density at radius 1 is 1.10 bits per heavy atom. The minimum atomic E-state index is -0.552. The minimum Gasteiger partial charge on any atom is -0.495 e. The molecule has 1 N–H and O–H groups in total. The third-order valence-corrected chi connectivity index (χ3v) is 4.90. The number of para-hydroxylation sites is 2. The summed E-state index contributed by atoms with van der Waals surface area (Å²) in [6.45, 7) is 0.888. The number of hydrogen-bond donors (Lipinski definition) is 1. The SMILES string of the molecule is COc1ccccc1NC(=O)CN1C(=O)S/C(=C/c2ccc(OC(C)=O)cc2)C1=O. The fourth-order valence-corrected chi connectivity index (χ4v) is 3.51. The van der Waals surface area contributed by atoms with Gasteiger partial charge < -0.3 is 14.8 Å². The molecule has 1 saturated heterocycles. The predicted octanol–water partition coefficient (Wildman–Crippen LogP) is 3.30. The highest BCUT2D eigenvalue weighted by molar-refractivity contribution is 8.18. The van der Waals surface area contributed by atoms with Gasteiger partial charge in [0.1, 0.15) is 18.0 Å². The van der Waals surface area contributed by atoms with Gasteiger partial charge >= 0.3 is 5.97 Å². The molecule has 0 saturated carbocycles. The van der Waals surface area contributed by atoms with Gasteiger partial charge in [0.2, 0.25) is 5.91 Å². The van der Waals surface area contributed by atoms with Crippen LogP contribution in [0.4, 0.5) is 10.5 Å². The molecule has 1 fully saturated rings. The molecule has 1 aliphatic heterocycles. The number of nitrogens with zero attached hydrogens (tertiary/aromatic N) is 1. The lowest BCUT2D eigenvalue weighted by molar-refractivity contribution is -0.131. The Balaban J connectivity index is 1.67. The quantitative estimate of drug-likeness (QED) is 0.430. The summed E-state index contributed by atoms with van der Waals surface area (Å²) in [7, 11) is 1.48. The maximum absolute atomic E-state index is 12.6. The third-order valence-electron chi connectivity index (χ3n) is 4.00. The fraction of sp³-hybridized carbons (Fsp3) is 0.143. The van der Waals surface area contributed by atoms with Crippen LogP contribution in [0, 0.1) is 0 Å². The van der Waals surface area contributed by atoms with Crippen LogP contribution in [0.15, 0.2) is 53.4 Å². The van der Waals surface area contributed by atoms with Crippen LogP contribution in [0.25, 0.3) is 6.08 Å². The van der Waals surface area contributed by atoms with E-state index in [1.807, 2.05) is 0 Å². The first-order chi connectivity index (χ1) is 14.4. The van der Waals surface area contributed by atoms with Crippen LogP contribution in [0.2, 0.25) is 0 Å². The van der Waals surface area contributed by atoms with Crippen molar-refractivity contribution in [3.63, 3.8) is 0 Å². The van der Waals surface area contributed by atoms with Crippen molar-refractivity contribution in [1.82, 2.24) is 4.90 Å². The van der Waals surface area contributed by atoms with E-state index in [1.54, 1.807) is 54.6 Å². The number of benzene rings is 2. The lowest BCUT2D eigenvalue weighted by Crippen LogP contribution is -2.36. The van der Waals surface area contributed by atoms with E-state index in [4.69, 9.17) is 9.47 Å². The molecule has 0 unspecified atom stereocenters. The summed E-state index contributed by atoms with van der Waals surface area (Å²) < 4.78 is 10.1. The Labute approximate surface area is 176 Å². The Morgan fingerprint density at radius 2 is 1.80 bits per heavy atom. The van der Waals surface area contributed by atoms with Crippen molar-refractivity contribution in [2.45, 2.75) is 6.92 Å². The summed E-state index contributed by atoms with van der Waals surface area (Å²) in [4.78, 5) is 49.2. The standard InChI is InChI=1S/C21H18N2O6S/c1-13(24)29-15-9-7-14(8-10-15)11-18-20(26)23(21(27)30-18)12-19(25)22-16-5-3-4-6-17(16)28-2/h3-11H,12H2,1-2H3,(H,22,25)/b18-11+. The summed E-state index contributed by atoms with van der Waals surface area (Å²) in [5.74, 6) is -0.661. The molecule has 0 atom stereocenters. The summed E-state index contributed by atoms with van der Waals surface area (Å²) >= 11 is 0.756. The maximum atomic E-state index is 12.6.